The predicted octanol–water partition coefficient (Wildman–Crippen LogP) is 3.30. The molecule has 0 atom stereocenters. The highest BCUT2D eigenvalue weighted by molar-refractivity contribution is 5.71. The van der Waals surface area contributed by atoms with Crippen molar-refractivity contribution in [2.45, 2.75) is 26.4 Å². The second-order valence-corrected chi connectivity index (χ2v) is 6.77. The standard InChI is InChI=1S/C13H15NO3.C9H7NO3/c1-13(2,3)17-12(15)9-16-11-7-5-4-6-10(11)8-14;10-5-7-3-1-2-4-8(7)13-6-9(11)12/h4-7H,9H2,1-3H3;1-4H,6H2,(H,11,12). The molecule has 0 radical (unpaired) electrons. The molecule has 0 saturated heterocycles. The van der Waals surface area contributed by atoms with E-state index in [9.17, 15) is 9.59 Å². The molecule has 1 N–H and O–H groups in total. The second-order valence-electron chi connectivity index (χ2n) is 6.77. The number of carboxylic acid groups (broad SMARTS) is 1. The Morgan fingerprint density at radius 3 is 1.70 bits per heavy atom. The summed E-state index contributed by atoms with van der Waals surface area (Å²) in [6.07, 6.45) is 0. The maximum Gasteiger partial charge on any atom is 0.344 e. The van der Waals surface area contributed by atoms with Gasteiger partial charge in [0.25, 0.3) is 0 Å². The molecule has 0 heterocycles. The maximum absolute atomic E-state index is 11.4. The van der Waals surface area contributed by atoms with Gasteiger partial charge in [0.05, 0.1) is 11.1 Å². The Kier molecular flexibility index (Phi) is 9.38. The number of nitrogens with zero attached hydrogens (tertiary/aromatic N) is 2. The molecule has 0 spiro atoms. The molecule has 30 heavy (non-hydrogen) atoms. The number of carboxylic acids is 1. The van der Waals surface area contributed by atoms with Gasteiger partial charge in [-0.15, -0.1) is 0 Å². The fourth-order valence-corrected chi connectivity index (χ4v) is 2.02. The van der Waals surface area contributed by atoms with E-state index in [1.807, 2.05) is 12.1 Å². The lowest BCUT2D eigenvalue weighted by Gasteiger charge is -2.19. The highest BCUT2D eigenvalue weighted by Gasteiger charge is 2.17. The van der Waals surface area contributed by atoms with Gasteiger partial charge >= 0.3 is 11.9 Å². The molecule has 0 saturated carbocycles. The van der Waals surface area contributed by atoms with E-state index >= 15 is 0 Å². The van der Waals surface area contributed by atoms with Gasteiger partial charge in [0.1, 0.15) is 29.2 Å². The third-order valence-corrected chi connectivity index (χ3v) is 3.13. The van der Waals surface area contributed by atoms with E-state index in [0.717, 1.165) is 0 Å². The van der Waals surface area contributed by atoms with E-state index in [1.54, 1.807) is 69.3 Å². The average molecular weight is 410 g/mol. The Hall–Kier alpha value is -4.04. The van der Waals surface area contributed by atoms with Crippen LogP contribution < -0.4 is 9.47 Å². The number of carbonyl (C=O) groups excluding carboxylic acids is 1. The molecular weight excluding hydrogens is 388 g/mol. The lowest BCUT2D eigenvalue weighted by molar-refractivity contribution is -0.157. The Bertz CT molecular complexity index is 951. The molecule has 156 valence electrons. The first-order valence-corrected chi connectivity index (χ1v) is 8.83. The fourth-order valence-electron chi connectivity index (χ4n) is 2.02. The van der Waals surface area contributed by atoms with Gasteiger partial charge in [-0.2, -0.15) is 10.5 Å². The fraction of sp³-hybridized carbons (Fsp3) is 0.273. The Morgan fingerprint density at radius 2 is 1.30 bits per heavy atom. The summed E-state index contributed by atoms with van der Waals surface area (Å²) in [6.45, 7) is 4.73. The van der Waals surface area contributed by atoms with Crippen LogP contribution in [0.15, 0.2) is 48.5 Å². The predicted molar refractivity (Wildman–Crippen MR) is 107 cm³/mol. The molecule has 0 fully saturated rings. The first-order chi connectivity index (χ1) is 14.2. The van der Waals surface area contributed by atoms with Crippen LogP contribution in [0, 0.1) is 22.7 Å². The van der Waals surface area contributed by atoms with Crippen LogP contribution in [0.1, 0.15) is 31.9 Å². The Morgan fingerprint density at radius 1 is 0.867 bits per heavy atom. The molecule has 8 heteroatoms. The molecule has 2 aromatic rings. The van der Waals surface area contributed by atoms with Crippen LogP contribution in [0.4, 0.5) is 0 Å². The zero-order valence-electron chi connectivity index (χ0n) is 16.9. The zero-order chi connectivity index (χ0) is 22.6. The van der Waals surface area contributed by atoms with E-state index in [0.29, 0.717) is 22.6 Å². The van der Waals surface area contributed by atoms with Gasteiger partial charge < -0.3 is 19.3 Å². The van der Waals surface area contributed by atoms with Crippen LogP contribution in [0.25, 0.3) is 0 Å². The molecule has 0 aliphatic carbocycles. The van der Waals surface area contributed by atoms with Crippen molar-refractivity contribution in [1.29, 1.82) is 10.5 Å². The summed E-state index contributed by atoms with van der Waals surface area (Å²) in [7, 11) is 0. The van der Waals surface area contributed by atoms with Gasteiger partial charge in [-0.25, -0.2) is 9.59 Å². The van der Waals surface area contributed by atoms with Crippen molar-refractivity contribution in [2.75, 3.05) is 13.2 Å². The lowest BCUT2D eigenvalue weighted by atomic mass is 10.2. The van der Waals surface area contributed by atoms with E-state index in [1.165, 1.54) is 0 Å². The molecule has 2 rings (SSSR count). The quantitative estimate of drug-likeness (QED) is 0.718. The van der Waals surface area contributed by atoms with Crippen LogP contribution in [0.3, 0.4) is 0 Å². The normalized spacial score (nSPS) is 9.77. The van der Waals surface area contributed by atoms with Gasteiger partial charge in [-0.1, -0.05) is 24.3 Å². The summed E-state index contributed by atoms with van der Waals surface area (Å²) in [5.41, 5.74) is 0.203. The Labute approximate surface area is 174 Å². The van der Waals surface area contributed by atoms with Crippen molar-refractivity contribution in [3.8, 4) is 23.6 Å². The van der Waals surface area contributed by atoms with Crippen LogP contribution in [-0.4, -0.2) is 35.9 Å². The molecule has 0 amide bonds. The van der Waals surface area contributed by atoms with Crippen molar-refractivity contribution >= 4 is 11.9 Å². The summed E-state index contributed by atoms with van der Waals surface area (Å²) < 4.78 is 15.2. The first-order valence-electron chi connectivity index (χ1n) is 8.83. The number of para-hydroxylation sites is 2. The van der Waals surface area contributed by atoms with Crippen molar-refractivity contribution in [2.24, 2.45) is 0 Å². The summed E-state index contributed by atoms with van der Waals surface area (Å²) in [4.78, 5) is 21.6. The van der Waals surface area contributed by atoms with Gasteiger partial charge in [0.15, 0.2) is 13.2 Å². The Balaban J connectivity index is 0.000000311. The topological polar surface area (TPSA) is 130 Å². The van der Waals surface area contributed by atoms with Gasteiger partial charge in [0.2, 0.25) is 0 Å². The average Bonchev–Trinajstić information content (AvgIpc) is 2.70. The van der Waals surface area contributed by atoms with Crippen molar-refractivity contribution in [3.63, 3.8) is 0 Å². The van der Waals surface area contributed by atoms with Crippen molar-refractivity contribution in [1.82, 2.24) is 0 Å². The number of nitriles is 2. The molecular formula is C22H22N2O6. The summed E-state index contributed by atoms with van der Waals surface area (Å²) in [5.74, 6) is -0.828. The molecule has 0 aliphatic rings. The van der Waals surface area contributed by atoms with E-state index in [2.05, 4.69) is 0 Å². The maximum atomic E-state index is 11.4. The minimum absolute atomic E-state index is 0.198. The second kappa shape index (κ2) is 11.7. The molecule has 0 unspecified atom stereocenters. The number of rotatable bonds is 6. The third-order valence-electron chi connectivity index (χ3n) is 3.13. The summed E-state index contributed by atoms with van der Waals surface area (Å²) >= 11 is 0. The van der Waals surface area contributed by atoms with E-state index in [-0.39, 0.29) is 6.61 Å². The number of hydrogen-bond donors (Lipinski definition) is 1. The number of carbonyl (C=O) groups is 2. The minimum Gasteiger partial charge on any atom is -0.481 e. The van der Waals surface area contributed by atoms with Crippen molar-refractivity contribution < 1.29 is 28.9 Å². The summed E-state index contributed by atoms with van der Waals surface area (Å²) in [6, 6.07) is 17.1. The van der Waals surface area contributed by atoms with Crippen LogP contribution in [0.2, 0.25) is 0 Å². The van der Waals surface area contributed by atoms with Crippen molar-refractivity contribution in [3.05, 3.63) is 59.7 Å². The molecule has 2 aromatic carbocycles. The van der Waals surface area contributed by atoms with Crippen LogP contribution in [-0.2, 0) is 14.3 Å². The van der Waals surface area contributed by atoms with E-state index in [4.69, 9.17) is 29.8 Å². The zero-order valence-corrected chi connectivity index (χ0v) is 16.9. The van der Waals surface area contributed by atoms with Crippen LogP contribution in [0.5, 0.6) is 11.5 Å². The van der Waals surface area contributed by atoms with E-state index < -0.39 is 24.1 Å². The highest BCUT2D eigenvalue weighted by Crippen LogP contribution is 2.17. The molecule has 0 aliphatic heterocycles. The number of benzene rings is 2. The van der Waals surface area contributed by atoms with Gasteiger partial charge in [-0.3, -0.25) is 0 Å². The molecule has 8 nitrogen and oxygen atoms in total. The summed E-state index contributed by atoms with van der Waals surface area (Å²) in [5, 5.41) is 25.8. The number of esters is 1. The first kappa shape index (κ1) is 24.0. The highest BCUT2D eigenvalue weighted by atomic mass is 16.6. The lowest BCUT2D eigenvalue weighted by Crippen LogP contribution is -2.27. The minimum atomic E-state index is -1.06. The molecule has 0 aromatic heterocycles. The van der Waals surface area contributed by atoms with Gasteiger partial charge in [-0.05, 0) is 45.0 Å². The monoisotopic (exact) mass is 410 g/mol. The number of hydrogen-bond acceptors (Lipinski definition) is 7. The van der Waals surface area contributed by atoms with Gasteiger partial charge in [0, 0.05) is 0 Å². The molecule has 0 bridgehead atoms. The third kappa shape index (κ3) is 9.25. The number of aliphatic carboxylic acids is 1. The number of ether oxygens (including phenoxy) is 3. The smallest absolute Gasteiger partial charge is 0.344 e. The largest absolute Gasteiger partial charge is 0.481 e. The SMILES string of the molecule is CC(C)(C)OC(=O)COc1ccccc1C#N.N#Cc1ccccc1OCC(=O)O. The van der Waals surface area contributed by atoms with Crippen LogP contribution >= 0.6 is 0 Å².